The van der Waals surface area contributed by atoms with Crippen molar-refractivity contribution in [3.05, 3.63) is 76.7 Å². The lowest BCUT2D eigenvalue weighted by atomic mass is 10.0. The predicted octanol–water partition coefficient (Wildman–Crippen LogP) is 3.74. The second-order valence-electron chi connectivity index (χ2n) is 4.59. The number of carbonyl (C=O) groups excluding carboxylic acids is 1. The van der Waals surface area contributed by atoms with Crippen molar-refractivity contribution in [2.75, 3.05) is 0 Å². The summed E-state index contributed by atoms with van der Waals surface area (Å²) in [6.45, 7) is 0.507. The predicted molar refractivity (Wildman–Crippen MR) is 85.2 cm³/mol. The summed E-state index contributed by atoms with van der Waals surface area (Å²) in [5.74, 6) is -0.0856. The van der Waals surface area contributed by atoms with Crippen molar-refractivity contribution in [2.45, 2.75) is 6.54 Å². The number of carbonyl (C=O) groups is 1. The molecule has 0 aliphatic carbocycles. The lowest BCUT2D eigenvalue weighted by molar-refractivity contribution is 0.0951. The molecule has 2 heterocycles. The van der Waals surface area contributed by atoms with Crippen LogP contribution in [0.3, 0.4) is 0 Å². The Balaban J connectivity index is 1.76. The first-order valence-corrected chi connectivity index (χ1v) is 7.57. The number of nitrogens with one attached hydrogen (secondary N) is 1. The molecule has 2 aromatic heterocycles. The van der Waals surface area contributed by atoms with Crippen LogP contribution >= 0.6 is 11.3 Å². The number of nitrogens with zero attached hydrogens (tertiary/aromatic N) is 1. The van der Waals surface area contributed by atoms with E-state index in [4.69, 9.17) is 0 Å². The summed E-state index contributed by atoms with van der Waals surface area (Å²) in [4.78, 5) is 16.0. The second kappa shape index (κ2) is 6.33. The van der Waals surface area contributed by atoms with Crippen molar-refractivity contribution >= 4 is 17.2 Å². The van der Waals surface area contributed by atoms with Crippen LogP contribution in [0.25, 0.3) is 11.1 Å². The molecule has 0 atom stereocenters. The fraction of sp³-hybridized carbons (Fsp3) is 0.0588. The summed E-state index contributed by atoms with van der Waals surface area (Å²) in [5.41, 5.74) is 4.08. The quantitative estimate of drug-likeness (QED) is 0.796. The Kier molecular flexibility index (Phi) is 4.07. The molecule has 1 amide bonds. The maximum Gasteiger partial charge on any atom is 0.251 e. The Bertz CT molecular complexity index is 724. The molecule has 3 nitrogen and oxygen atoms in total. The van der Waals surface area contributed by atoms with E-state index < -0.39 is 0 Å². The first-order valence-electron chi connectivity index (χ1n) is 6.63. The third-order valence-electron chi connectivity index (χ3n) is 3.23. The zero-order valence-electron chi connectivity index (χ0n) is 11.3. The molecule has 0 fully saturated rings. The van der Waals surface area contributed by atoms with E-state index in [-0.39, 0.29) is 5.91 Å². The van der Waals surface area contributed by atoms with Gasteiger partial charge in [-0.15, -0.1) is 0 Å². The normalized spacial score (nSPS) is 10.3. The topological polar surface area (TPSA) is 42.0 Å². The molecule has 0 aliphatic heterocycles. The average Bonchev–Trinajstić information content (AvgIpc) is 3.08. The molecular weight excluding hydrogens is 280 g/mol. The van der Waals surface area contributed by atoms with E-state index in [1.807, 2.05) is 18.2 Å². The molecule has 0 aliphatic rings. The van der Waals surface area contributed by atoms with E-state index >= 15 is 0 Å². The van der Waals surface area contributed by atoms with Crippen LogP contribution in [0.15, 0.2) is 65.6 Å². The van der Waals surface area contributed by atoms with Crippen LogP contribution in [0.5, 0.6) is 0 Å². The Labute approximate surface area is 127 Å². The first-order chi connectivity index (χ1) is 10.3. The van der Waals surface area contributed by atoms with Crippen molar-refractivity contribution in [1.82, 2.24) is 10.3 Å². The highest BCUT2D eigenvalue weighted by atomic mass is 32.1. The van der Waals surface area contributed by atoms with Gasteiger partial charge in [0.05, 0.1) is 0 Å². The largest absolute Gasteiger partial charge is 0.348 e. The van der Waals surface area contributed by atoms with Crippen LogP contribution in [-0.4, -0.2) is 10.9 Å². The van der Waals surface area contributed by atoms with E-state index in [0.717, 1.165) is 11.1 Å². The Morgan fingerprint density at radius 2 is 1.90 bits per heavy atom. The van der Waals surface area contributed by atoms with Crippen LogP contribution in [-0.2, 0) is 6.54 Å². The monoisotopic (exact) mass is 294 g/mol. The van der Waals surface area contributed by atoms with Crippen LogP contribution < -0.4 is 5.32 Å². The molecule has 3 aromatic rings. The highest BCUT2D eigenvalue weighted by molar-refractivity contribution is 7.08. The fourth-order valence-electron chi connectivity index (χ4n) is 2.15. The summed E-state index contributed by atoms with van der Waals surface area (Å²) in [7, 11) is 0. The van der Waals surface area contributed by atoms with Crippen LogP contribution in [0.2, 0.25) is 0 Å². The van der Waals surface area contributed by atoms with Crippen molar-refractivity contribution < 1.29 is 4.79 Å². The molecule has 0 saturated heterocycles. The molecule has 0 saturated carbocycles. The number of benzene rings is 1. The van der Waals surface area contributed by atoms with Gasteiger partial charge in [-0.25, -0.2) is 0 Å². The Morgan fingerprint density at radius 3 is 2.67 bits per heavy atom. The van der Waals surface area contributed by atoms with Gasteiger partial charge in [0, 0.05) is 24.5 Å². The van der Waals surface area contributed by atoms with E-state index in [0.29, 0.717) is 12.1 Å². The molecule has 0 radical (unpaired) electrons. The summed E-state index contributed by atoms with van der Waals surface area (Å²) >= 11 is 1.67. The highest BCUT2D eigenvalue weighted by Crippen LogP contribution is 2.25. The van der Waals surface area contributed by atoms with Gasteiger partial charge in [-0.1, -0.05) is 24.3 Å². The first kappa shape index (κ1) is 13.5. The molecular formula is C17H14N2OS. The van der Waals surface area contributed by atoms with Gasteiger partial charge in [-0.2, -0.15) is 11.3 Å². The van der Waals surface area contributed by atoms with Gasteiger partial charge >= 0.3 is 0 Å². The molecule has 21 heavy (non-hydrogen) atoms. The molecule has 0 unspecified atom stereocenters. The standard InChI is InChI=1S/C17H14N2OS/c20-17(13-5-8-18-9-6-13)19-11-14-3-1-2-4-16(14)15-7-10-21-12-15/h1-10,12H,11H2,(H,19,20). The highest BCUT2D eigenvalue weighted by Gasteiger charge is 2.08. The molecule has 104 valence electrons. The van der Waals surface area contributed by atoms with Crippen molar-refractivity contribution in [3.63, 3.8) is 0 Å². The number of thiophene rings is 1. The smallest absolute Gasteiger partial charge is 0.251 e. The maximum atomic E-state index is 12.1. The number of pyridine rings is 1. The Hall–Kier alpha value is -2.46. The van der Waals surface area contributed by atoms with Gasteiger partial charge in [-0.05, 0) is 45.6 Å². The van der Waals surface area contributed by atoms with Gasteiger partial charge in [-0.3, -0.25) is 9.78 Å². The number of aromatic nitrogens is 1. The van der Waals surface area contributed by atoms with Gasteiger partial charge in [0.25, 0.3) is 5.91 Å². The van der Waals surface area contributed by atoms with Crippen LogP contribution in [0.1, 0.15) is 15.9 Å². The van der Waals surface area contributed by atoms with E-state index in [1.165, 1.54) is 5.56 Å². The summed E-state index contributed by atoms with van der Waals surface area (Å²) in [6.07, 6.45) is 3.24. The minimum Gasteiger partial charge on any atom is -0.348 e. The van der Waals surface area contributed by atoms with Crippen LogP contribution in [0.4, 0.5) is 0 Å². The van der Waals surface area contributed by atoms with Gasteiger partial charge < -0.3 is 5.32 Å². The minimum atomic E-state index is -0.0856. The molecule has 4 heteroatoms. The molecule has 0 spiro atoms. The average molecular weight is 294 g/mol. The van der Waals surface area contributed by atoms with Crippen LogP contribution in [0, 0.1) is 0 Å². The lowest BCUT2D eigenvalue weighted by Crippen LogP contribution is -2.23. The van der Waals surface area contributed by atoms with E-state index in [9.17, 15) is 4.79 Å². The van der Waals surface area contributed by atoms with E-state index in [1.54, 1.807) is 35.9 Å². The van der Waals surface area contributed by atoms with Gasteiger partial charge in [0.15, 0.2) is 0 Å². The molecule has 1 aromatic carbocycles. The number of hydrogen-bond acceptors (Lipinski definition) is 3. The molecule has 1 N–H and O–H groups in total. The summed E-state index contributed by atoms with van der Waals surface area (Å²) in [5, 5.41) is 7.13. The summed E-state index contributed by atoms with van der Waals surface area (Å²) in [6, 6.07) is 13.6. The molecule has 3 rings (SSSR count). The second-order valence-corrected chi connectivity index (χ2v) is 5.37. The minimum absolute atomic E-state index is 0.0856. The SMILES string of the molecule is O=C(NCc1ccccc1-c1ccsc1)c1ccncc1. The molecule has 0 bridgehead atoms. The summed E-state index contributed by atoms with van der Waals surface area (Å²) < 4.78 is 0. The van der Waals surface area contributed by atoms with Gasteiger partial charge in [0.1, 0.15) is 0 Å². The fourth-order valence-corrected chi connectivity index (χ4v) is 2.81. The van der Waals surface area contributed by atoms with E-state index in [2.05, 4.69) is 33.2 Å². The zero-order valence-corrected chi connectivity index (χ0v) is 12.1. The van der Waals surface area contributed by atoms with Crippen molar-refractivity contribution in [2.24, 2.45) is 0 Å². The van der Waals surface area contributed by atoms with Gasteiger partial charge in [0.2, 0.25) is 0 Å². The zero-order chi connectivity index (χ0) is 14.5. The Morgan fingerprint density at radius 1 is 1.10 bits per heavy atom. The van der Waals surface area contributed by atoms with Crippen molar-refractivity contribution in [1.29, 1.82) is 0 Å². The third-order valence-corrected chi connectivity index (χ3v) is 3.91. The number of amides is 1. The lowest BCUT2D eigenvalue weighted by Gasteiger charge is -2.10. The third kappa shape index (κ3) is 3.17. The van der Waals surface area contributed by atoms with Crippen molar-refractivity contribution in [3.8, 4) is 11.1 Å². The number of hydrogen-bond donors (Lipinski definition) is 1. The maximum absolute atomic E-state index is 12.1. The number of rotatable bonds is 4.